The standard InChI is InChI=1S/C68H70N8O11/c1-29-41(13-17-61(79)80)53-27-55-43(15-19-63(83)84)31(3)47(71-55)23-59-67(35(7)51(75-59)25-57-65(37(9)77)33(5)49(73-57)21-45(29)69-53)39(11)87-40(12)68-36(8)52-26-58-66(38(10)78)34(6)50(74-58)22-46-30(2)42(14-18-62(81)82)54(70-46)28-56-44(16-20-64(85)86)32(4)48(72-56)24-60(68)76-52/h21-28,39-40,73-74,77-78H,13-20H2,1-12H3,(H,79,80)(H,81,82)(H,83,84)(H,85,86)/b45-21?,46-22?,55-27?,56-28?,57-25?,58-26?,59-23?,60-24?,65-37+,66-38+. The number of fused-ring (bicyclic) bond motifs is 10. The van der Waals surface area contributed by atoms with E-state index in [0.29, 0.717) is 112 Å². The number of nitrogens with zero attached hydrogens (tertiary/aromatic N) is 6. The van der Waals surface area contributed by atoms with E-state index in [4.69, 9.17) is 34.7 Å². The molecule has 448 valence electrons. The van der Waals surface area contributed by atoms with Gasteiger partial charge < -0.3 is 45.3 Å². The average molecular weight is 1180 g/mol. The SMILES string of the molecule is CC1=C(CCC(=O)O)C2=CC3=NC(=Cc4[nH]c(/c(=C(\C)O)c4C)=CC4=NC(=CC1=N2)C(C(C)OC(C)C1=C(C)C2=NC1=CC1=NC(=CC5=NC(=Cc6[nH]c(/c(=C(\C)O)c6C)=C2)C(C)=C5CCC(=O)O)C(CCC(=O)O)=C1C)=C4C)C(C)=C3CCC(=O)O. The highest BCUT2D eigenvalue weighted by atomic mass is 16.5. The molecule has 8 N–H and O–H groups in total. The first kappa shape index (κ1) is 60.5. The zero-order chi connectivity index (χ0) is 62.8. The maximum absolute atomic E-state index is 12.1. The van der Waals surface area contributed by atoms with Gasteiger partial charge in [0, 0.05) is 58.7 Å². The number of nitrogens with one attached hydrogen (secondary N) is 2. The van der Waals surface area contributed by atoms with Crippen LogP contribution in [0, 0.1) is 13.8 Å². The van der Waals surface area contributed by atoms with Crippen molar-refractivity contribution in [3.05, 3.63) is 169 Å². The minimum atomic E-state index is -0.978. The molecule has 19 heteroatoms. The van der Waals surface area contributed by atoms with E-state index >= 15 is 0 Å². The maximum atomic E-state index is 12.1. The first-order valence-electron chi connectivity index (χ1n) is 29.0. The summed E-state index contributed by atoms with van der Waals surface area (Å²) >= 11 is 0. The van der Waals surface area contributed by atoms with Crippen LogP contribution in [0.4, 0.5) is 0 Å². The van der Waals surface area contributed by atoms with Crippen LogP contribution in [0.15, 0.2) is 155 Å². The van der Waals surface area contributed by atoms with Crippen molar-refractivity contribution in [2.75, 3.05) is 0 Å². The number of aliphatic hydroxyl groups is 2. The van der Waals surface area contributed by atoms with E-state index < -0.39 is 36.1 Å². The zero-order valence-electron chi connectivity index (χ0n) is 50.8. The molecule has 0 radical (unpaired) electrons. The van der Waals surface area contributed by atoms with Crippen LogP contribution >= 0.6 is 0 Å². The van der Waals surface area contributed by atoms with Gasteiger partial charge in [-0.3, -0.25) is 19.2 Å². The molecule has 2 atom stereocenters. The molecular formula is C68H70N8O11. The predicted octanol–water partition coefficient (Wildman–Crippen LogP) is 9.72. The number of carboxylic acid groups (broad SMARTS) is 4. The van der Waals surface area contributed by atoms with Crippen molar-refractivity contribution in [1.82, 2.24) is 9.97 Å². The molecule has 19 nitrogen and oxygen atoms in total. The third-order valence-corrected chi connectivity index (χ3v) is 17.3. The normalized spacial score (nSPS) is 19.5. The fourth-order valence-electron chi connectivity index (χ4n) is 12.7. The number of aliphatic carboxylic acids is 4. The molecule has 10 heterocycles. The van der Waals surface area contributed by atoms with Crippen LogP contribution in [-0.4, -0.2) is 111 Å². The average Bonchev–Trinajstić information content (AvgIpc) is 1.72. The van der Waals surface area contributed by atoms with Crippen LogP contribution in [0.2, 0.25) is 0 Å². The Kier molecular flexibility index (Phi) is 16.5. The van der Waals surface area contributed by atoms with E-state index in [9.17, 15) is 49.8 Å². The lowest BCUT2D eigenvalue weighted by atomic mass is 9.95. The van der Waals surface area contributed by atoms with E-state index in [1.54, 1.807) is 26.0 Å². The van der Waals surface area contributed by atoms with Gasteiger partial charge in [0.1, 0.15) is 0 Å². The van der Waals surface area contributed by atoms with Crippen molar-refractivity contribution in [1.29, 1.82) is 0 Å². The number of H-pyrrole nitrogens is 2. The van der Waals surface area contributed by atoms with Crippen molar-refractivity contribution in [2.24, 2.45) is 30.0 Å². The molecule has 16 bridgehead atoms. The molecule has 2 aromatic rings. The summed E-state index contributed by atoms with van der Waals surface area (Å²) in [6, 6.07) is 0. The molecule has 0 amide bonds. The number of rotatable bonds is 16. The Morgan fingerprint density at radius 2 is 0.690 bits per heavy atom. The van der Waals surface area contributed by atoms with Crippen molar-refractivity contribution in [3.8, 4) is 0 Å². The number of carbonyl (C=O) groups is 4. The second-order valence-electron chi connectivity index (χ2n) is 23.0. The number of ether oxygens (including phenoxy) is 1. The van der Waals surface area contributed by atoms with Gasteiger partial charge in [-0.2, -0.15) is 0 Å². The third-order valence-electron chi connectivity index (χ3n) is 17.3. The Balaban J connectivity index is 1.13. The molecule has 0 aliphatic carbocycles. The quantitative estimate of drug-likeness (QED) is 0.0782. The Hall–Kier alpha value is -9.62. The first-order chi connectivity index (χ1) is 41.2. The number of hydrogen-bond acceptors (Lipinski definition) is 13. The number of aliphatic imine (C=N–C) groups is 6. The fraction of sp³-hybridized carbons (Fsp3) is 0.324. The maximum Gasteiger partial charge on any atom is 0.303 e. The van der Waals surface area contributed by atoms with Gasteiger partial charge in [-0.1, -0.05) is 0 Å². The molecule has 2 aromatic heterocycles. The van der Waals surface area contributed by atoms with Crippen molar-refractivity contribution in [3.63, 3.8) is 0 Å². The molecule has 87 heavy (non-hydrogen) atoms. The van der Waals surface area contributed by atoms with Crippen LogP contribution < -0.4 is 21.1 Å². The summed E-state index contributed by atoms with van der Waals surface area (Å²) in [6.07, 6.45) is 13.6. The second-order valence-corrected chi connectivity index (χ2v) is 23.0. The zero-order valence-corrected chi connectivity index (χ0v) is 50.8. The topological polar surface area (TPSA) is 305 Å². The minimum absolute atomic E-state index is 0.0794. The highest BCUT2D eigenvalue weighted by molar-refractivity contribution is 6.25. The molecule has 0 fully saturated rings. The molecule has 0 aromatic carbocycles. The summed E-state index contributed by atoms with van der Waals surface area (Å²) in [5, 5.41) is 64.4. The van der Waals surface area contributed by atoms with Gasteiger partial charge >= 0.3 is 23.9 Å². The fourth-order valence-corrected chi connectivity index (χ4v) is 12.7. The van der Waals surface area contributed by atoms with Crippen molar-refractivity contribution in [2.45, 2.75) is 147 Å². The molecule has 0 saturated heterocycles. The molecule has 8 aliphatic rings. The molecule has 10 rings (SSSR count). The lowest BCUT2D eigenvalue weighted by Gasteiger charge is -2.24. The van der Waals surface area contributed by atoms with Gasteiger partial charge in [0.2, 0.25) is 0 Å². The van der Waals surface area contributed by atoms with E-state index in [2.05, 4.69) is 9.97 Å². The summed E-state index contributed by atoms with van der Waals surface area (Å²) in [6.45, 7) is 22.4. The third kappa shape index (κ3) is 11.7. The highest BCUT2D eigenvalue weighted by Gasteiger charge is 2.34. The number of carboxylic acids is 4. The number of hydrogen-bond donors (Lipinski definition) is 8. The number of aromatic amines is 2. The molecule has 8 aliphatic heterocycles. The van der Waals surface area contributed by atoms with Gasteiger partial charge in [-0.25, -0.2) is 30.0 Å². The summed E-state index contributed by atoms with van der Waals surface area (Å²) < 4.78 is 7.23. The lowest BCUT2D eigenvalue weighted by Crippen LogP contribution is -2.28. The van der Waals surface area contributed by atoms with E-state index in [1.807, 2.05) is 106 Å². The summed E-state index contributed by atoms with van der Waals surface area (Å²) in [5.74, 6) is -3.73. The van der Waals surface area contributed by atoms with Crippen LogP contribution in [0.5, 0.6) is 0 Å². The van der Waals surface area contributed by atoms with Crippen molar-refractivity contribution < 1.29 is 54.6 Å². The summed E-state index contributed by atoms with van der Waals surface area (Å²) in [7, 11) is 0. The van der Waals surface area contributed by atoms with Crippen LogP contribution in [0.3, 0.4) is 0 Å². The molecular weight excluding hydrogens is 1100 g/mol. The summed E-state index contributed by atoms with van der Waals surface area (Å²) in [5.41, 5.74) is 18.3. The monoisotopic (exact) mass is 1170 g/mol. The molecule has 0 spiro atoms. The highest BCUT2D eigenvalue weighted by Crippen LogP contribution is 2.41. The van der Waals surface area contributed by atoms with Gasteiger partial charge in [-0.15, -0.1) is 0 Å². The molecule has 0 saturated carbocycles. The van der Waals surface area contributed by atoms with E-state index in [1.165, 1.54) is 0 Å². The second kappa shape index (κ2) is 23.7. The predicted molar refractivity (Wildman–Crippen MR) is 338 cm³/mol. The smallest absolute Gasteiger partial charge is 0.303 e. The van der Waals surface area contributed by atoms with Crippen LogP contribution in [-0.2, 0) is 23.9 Å². The Morgan fingerprint density at radius 1 is 0.391 bits per heavy atom. The number of allylic oxidation sites excluding steroid dienone is 14. The number of aliphatic hydroxyl groups excluding tert-OH is 2. The van der Waals surface area contributed by atoms with Gasteiger partial charge in [0.05, 0.1) is 103 Å². The van der Waals surface area contributed by atoms with Crippen LogP contribution in [0.25, 0.3) is 35.8 Å². The Labute approximate surface area is 502 Å². The van der Waals surface area contributed by atoms with Gasteiger partial charge in [0.15, 0.2) is 0 Å². The molecule has 2 unspecified atom stereocenters. The minimum Gasteiger partial charge on any atom is -0.512 e. The first-order valence-corrected chi connectivity index (χ1v) is 29.0. The Bertz CT molecular complexity index is 4160. The van der Waals surface area contributed by atoms with Gasteiger partial charge in [-0.05, 0) is 224 Å². The van der Waals surface area contributed by atoms with Crippen LogP contribution in [0.1, 0.15) is 143 Å². The summed E-state index contributed by atoms with van der Waals surface area (Å²) in [4.78, 5) is 86.3. The van der Waals surface area contributed by atoms with Crippen molar-refractivity contribution >= 4 is 94.0 Å². The largest absolute Gasteiger partial charge is 0.512 e. The van der Waals surface area contributed by atoms with E-state index in [0.717, 1.165) is 66.9 Å². The number of aromatic nitrogens is 2. The van der Waals surface area contributed by atoms with Gasteiger partial charge in [0.25, 0.3) is 0 Å². The Morgan fingerprint density at radius 3 is 1.02 bits per heavy atom. The van der Waals surface area contributed by atoms with E-state index in [-0.39, 0.29) is 62.9 Å². The lowest BCUT2D eigenvalue weighted by molar-refractivity contribution is -0.137.